The fraction of sp³-hybridized carbons (Fsp3) is 0.591. The molecule has 0 unspecified atom stereocenters. The van der Waals surface area contributed by atoms with Crippen molar-refractivity contribution in [1.29, 1.82) is 0 Å². The zero-order valence-electron chi connectivity index (χ0n) is 16.3. The summed E-state index contributed by atoms with van der Waals surface area (Å²) in [5, 5.41) is 8.66. The van der Waals surface area contributed by atoms with Crippen LogP contribution in [0.2, 0.25) is 0 Å². The quantitative estimate of drug-likeness (QED) is 0.308. The molecule has 1 N–H and O–H groups in total. The highest BCUT2D eigenvalue weighted by atomic mass is 16.4. The summed E-state index contributed by atoms with van der Waals surface area (Å²) in [7, 11) is 0. The minimum Gasteiger partial charge on any atom is -0.481 e. The van der Waals surface area contributed by atoms with Crippen LogP contribution in [0.5, 0.6) is 0 Å². The Morgan fingerprint density at radius 2 is 1.04 bits per heavy atom. The fourth-order valence-electron chi connectivity index (χ4n) is 2.40. The van der Waals surface area contributed by atoms with Crippen molar-refractivity contribution in [3.63, 3.8) is 0 Å². The fourth-order valence-corrected chi connectivity index (χ4v) is 2.40. The molecular formula is C22H36O2. The third-order valence-electron chi connectivity index (χ3n) is 4.01. The van der Waals surface area contributed by atoms with Crippen LogP contribution in [0.4, 0.5) is 0 Å². The van der Waals surface area contributed by atoms with Gasteiger partial charge in [-0.05, 0) is 79.6 Å². The SMILES string of the molecule is CC(C)=CCC/C(C)=C/CC/C(C)=C/CC/C=C(\C)CCC(=O)O. The zero-order chi connectivity index (χ0) is 18.4. The highest BCUT2D eigenvalue weighted by Gasteiger charge is 1.97. The van der Waals surface area contributed by atoms with Crippen LogP contribution in [0.15, 0.2) is 46.6 Å². The highest BCUT2D eigenvalue weighted by Crippen LogP contribution is 2.13. The number of aliphatic carboxylic acids is 1. The molecule has 0 radical (unpaired) electrons. The predicted molar refractivity (Wildman–Crippen MR) is 105 cm³/mol. The first-order valence-electron chi connectivity index (χ1n) is 9.13. The van der Waals surface area contributed by atoms with Crippen LogP contribution in [0.1, 0.15) is 86.0 Å². The molecule has 0 fully saturated rings. The van der Waals surface area contributed by atoms with Crippen LogP contribution >= 0.6 is 0 Å². The van der Waals surface area contributed by atoms with Crippen LogP contribution in [0, 0.1) is 0 Å². The van der Waals surface area contributed by atoms with E-state index in [1.807, 2.05) is 6.92 Å². The average Bonchev–Trinajstić information content (AvgIpc) is 2.49. The minimum absolute atomic E-state index is 0.233. The molecule has 0 aromatic carbocycles. The van der Waals surface area contributed by atoms with Crippen molar-refractivity contribution in [2.24, 2.45) is 0 Å². The van der Waals surface area contributed by atoms with Gasteiger partial charge in [0.2, 0.25) is 0 Å². The molecule has 0 aromatic rings. The number of allylic oxidation sites excluding steroid dienone is 8. The van der Waals surface area contributed by atoms with Gasteiger partial charge in [-0.15, -0.1) is 0 Å². The molecule has 0 aromatic heterocycles. The number of carboxylic acid groups (broad SMARTS) is 1. The minimum atomic E-state index is -0.720. The van der Waals surface area contributed by atoms with E-state index in [1.165, 1.54) is 22.3 Å². The summed E-state index contributed by atoms with van der Waals surface area (Å²) in [5.74, 6) is -0.720. The lowest BCUT2D eigenvalue weighted by molar-refractivity contribution is -0.136. The molecule has 0 saturated heterocycles. The molecule has 2 nitrogen and oxygen atoms in total. The van der Waals surface area contributed by atoms with E-state index in [0.29, 0.717) is 6.42 Å². The summed E-state index contributed by atoms with van der Waals surface area (Å²) in [4.78, 5) is 10.5. The standard InChI is InChI=1S/C22H36O2/c1-18(2)10-8-13-20(4)15-9-14-19(3)11-6-7-12-21(5)16-17-22(23)24/h10-12,15H,6-9,13-14,16-17H2,1-5H3,(H,23,24)/b19-11+,20-15+,21-12+. The lowest BCUT2D eigenvalue weighted by atomic mass is 10.0. The Balaban J connectivity index is 3.96. The van der Waals surface area contributed by atoms with Crippen molar-refractivity contribution >= 4 is 5.97 Å². The van der Waals surface area contributed by atoms with E-state index in [-0.39, 0.29) is 6.42 Å². The summed E-state index contributed by atoms with van der Waals surface area (Å²) in [6.07, 6.45) is 16.6. The zero-order valence-corrected chi connectivity index (χ0v) is 16.3. The largest absolute Gasteiger partial charge is 0.481 e. The number of carboxylic acids is 1. The van der Waals surface area contributed by atoms with Gasteiger partial charge in [-0.1, -0.05) is 46.6 Å². The van der Waals surface area contributed by atoms with E-state index in [0.717, 1.165) is 38.5 Å². The molecule has 0 rings (SSSR count). The summed E-state index contributed by atoms with van der Waals surface area (Å²) in [6, 6.07) is 0. The first-order valence-corrected chi connectivity index (χ1v) is 9.13. The van der Waals surface area contributed by atoms with Gasteiger partial charge in [0.1, 0.15) is 0 Å². The van der Waals surface area contributed by atoms with Crippen molar-refractivity contribution in [2.75, 3.05) is 0 Å². The maximum atomic E-state index is 10.5. The lowest BCUT2D eigenvalue weighted by Gasteiger charge is -2.02. The van der Waals surface area contributed by atoms with Gasteiger partial charge in [-0.25, -0.2) is 0 Å². The Hall–Kier alpha value is -1.57. The Morgan fingerprint density at radius 3 is 1.50 bits per heavy atom. The lowest BCUT2D eigenvalue weighted by Crippen LogP contribution is -1.94. The van der Waals surface area contributed by atoms with Gasteiger partial charge < -0.3 is 5.11 Å². The van der Waals surface area contributed by atoms with E-state index in [9.17, 15) is 4.79 Å². The molecular weight excluding hydrogens is 296 g/mol. The van der Waals surface area contributed by atoms with Crippen LogP contribution in [-0.4, -0.2) is 11.1 Å². The second kappa shape index (κ2) is 13.8. The number of unbranched alkanes of at least 4 members (excludes halogenated alkanes) is 1. The maximum Gasteiger partial charge on any atom is 0.303 e. The Morgan fingerprint density at radius 1 is 0.625 bits per heavy atom. The molecule has 0 amide bonds. The van der Waals surface area contributed by atoms with Gasteiger partial charge in [-0.3, -0.25) is 4.79 Å². The number of hydrogen-bond acceptors (Lipinski definition) is 1. The van der Waals surface area contributed by atoms with E-state index in [1.54, 1.807) is 0 Å². The van der Waals surface area contributed by atoms with Gasteiger partial charge in [0, 0.05) is 6.42 Å². The predicted octanol–water partition coefficient (Wildman–Crippen LogP) is 7.00. The van der Waals surface area contributed by atoms with Crippen molar-refractivity contribution < 1.29 is 9.90 Å². The van der Waals surface area contributed by atoms with Gasteiger partial charge in [0.25, 0.3) is 0 Å². The van der Waals surface area contributed by atoms with Crippen LogP contribution in [0.25, 0.3) is 0 Å². The second-order valence-electron chi connectivity index (χ2n) is 6.98. The first-order chi connectivity index (χ1) is 11.3. The first kappa shape index (κ1) is 22.4. The van der Waals surface area contributed by atoms with Gasteiger partial charge in [-0.2, -0.15) is 0 Å². The summed E-state index contributed by atoms with van der Waals surface area (Å²) in [6.45, 7) is 10.7. The monoisotopic (exact) mass is 332 g/mol. The van der Waals surface area contributed by atoms with Crippen LogP contribution in [-0.2, 0) is 4.79 Å². The molecule has 0 spiro atoms. The highest BCUT2D eigenvalue weighted by molar-refractivity contribution is 5.66. The van der Waals surface area contributed by atoms with Crippen molar-refractivity contribution in [3.8, 4) is 0 Å². The summed E-state index contributed by atoms with van der Waals surface area (Å²) < 4.78 is 0. The number of hydrogen-bond donors (Lipinski definition) is 1. The third kappa shape index (κ3) is 15.3. The van der Waals surface area contributed by atoms with E-state index in [2.05, 4.69) is 52.0 Å². The molecule has 0 saturated carbocycles. The number of carbonyl (C=O) groups is 1. The van der Waals surface area contributed by atoms with Crippen molar-refractivity contribution in [2.45, 2.75) is 86.0 Å². The normalized spacial score (nSPS) is 13.1. The Kier molecular flexibility index (Phi) is 12.9. The molecule has 0 heterocycles. The van der Waals surface area contributed by atoms with E-state index < -0.39 is 5.97 Å². The van der Waals surface area contributed by atoms with Gasteiger partial charge in [0.15, 0.2) is 0 Å². The topological polar surface area (TPSA) is 37.3 Å². The maximum absolute atomic E-state index is 10.5. The van der Waals surface area contributed by atoms with Crippen molar-refractivity contribution in [1.82, 2.24) is 0 Å². The second-order valence-corrected chi connectivity index (χ2v) is 6.98. The van der Waals surface area contributed by atoms with E-state index >= 15 is 0 Å². The van der Waals surface area contributed by atoms with Crippen LogP contribution < -0.4 is 0 Å². The summed E-state index contributed by atoms with van der Waals surface area (Å²) in [5.41, 5.74) is 5.50. The molecule has 0 aliphatic rings. The third-order valence-corrected chi connectivity index (χ3v) is 4.01. The smallest absolute Gasteiger partial charge is 0.303 e. The average molecular weight is 333 g/mol. The van der Waals surface area contributed by atoms with E-state index in [4.69, 9.17) is 5.11 Å². The van der Waals surface area contributed by atoms with Crippen LogP contribution in [0.3, 0.4) is 0 Å². The Bertz CT molecular complexity index is 486. The molecule has 2 heteroatoms. The summed E-state index contributed by atoms with van der Waals surface area (Å²) >= 11 is 0. The molecule has 0 bridgehead atoms. The van der Waals surface area contributed by atoms with Crippen molar-refractivity contribution in [3.05, 3.63) is 46.6 Å². The molecule has 0 aliphatic heterocycles. The van der Waals surface area contributed by atoms with Gasteiger partial charge >= 0.3 is 5.97 Å². The Labute approximate surface area is 149 Å². The molecule has 24 heavy (non-hydrogen) atoms. The number of rotatable bonds is 12. The van der Waals surface area contributed by atoms with Gasteiger partial charge in [0.05, 0.1) is 0 Å². The molecule has 0 aliphatic carbocycles. The molecule has 136 valence electrons. The molecule has 0 atom stereocenters.